The summed E-state index contributed by atoms with van der Waals surface area (Å²) < 4.78 is 0. The van der Waals surface area contributed by atoms with Crippen molar-refractivity contribution in [3.05, 3.63) is 81.9 Å². The second-order valence-corrected chi connectivity index (χ2v) is 12.2. The van der Waals surface area contributed by atoms with Gasteiger partial charge in [0.1, 0.15) is 11.5 Å². The number of rotatable bonds is 8. The number of nitrogens with zero attached hydrogens (tertiary/aromatic N) is 2. The molecule has 0 unspecified atom stereocenters. The molecule has 0 aliphatic heterocycles. The van der Waals surface area contributed by atoms with Crippen LogP contribution in [-0.2, 0) is 23.7 Å². The van der Waals surface area contributed by atoms with Crippen molar-refractivity contribution in [2.45, 2.75) is 91.9 Å². The van der Waals surface area contributed by atoms with Gasteiger partial charge in [-0.25, -0.2) is 0 Å². The summed E-state index contributed by atoms with van der Waals surface area (Å²) in [7, 11) is 0. The maximum atomic E-state index is 11.1. The van der Waals surface area contributed by atoms with Gasteiger partial charge in [0.15, 0.2) is 0 Å². The Kier molecular flexibility index (Phi) is 9.19. The van der Waals surface area contributed by atoms with Crippen LogP contribution in [0.3, 0.4) is 0 Å². The highest BCUT2D eigenvalue weighted by molar-refractivity contribution is 5.90. The Bertz CT molecular complexity index is 1220. The number of hydrogen-bond acceptors (Lipinski definition) is 4. The van der Waals surface area contributed by atoms with E-state index in [-0.39, 0.29) is 22.3 Å². The van der Waals surface area contributed by atoms with Crippen LogP contribution in [0.2, 0.25) is 0 Å². The van der Waals surface area contributed by atoms with Crippen molar-refractivity contribution in [1.29, 1.82) is 0 Å². The fraction of sp³-hybridized carbons (Fsp3) is 0.412. The van der Waals surface area contributed by atoms with Gasteiger partial charge in [0.2, 0.25) is 0 Å². The number of aliphatic imine (C=N–C) groups is 2. The lowest BCUT2D eigenvalue weighted by Gasteiger charge is -2.22. The lowest BCUT2D eigenvalue weighted by molar-refractivity contribution is 0.444. The van der Waals surface area contributed by atoms with Crippen LogP contribution >= 0.6 is 0 Å². The predicted octanol–water partition coefficient (Wildman–Crippen LogP) is 9.10. The quantitative estimate of drug-likeness (QED) is 0.296. The fourth-order valence-corrected chi connectivity index (χ4v) is 4.60. The van der Waals surface area contributed by atoms with Gasteiger partial charge in [-0.1, -0.05) is 92.5 Å². The summed E-state index contributed by atoms with van der Waals surface area (Å²) in [6.45, 7) is 17.0. The number of phenols is 2. The van der Waals surface area contributed by atoms with Gasteiger partial charge in [0.25, 0.3) is 0 Å². The highest BCUT2D eigenvalue weighted by Gasteiger charge is 2.22. The summed E-state index contributed by atoms with van der Waals surface area (Å²) >= 11 is 0. The molecule has 0 aliphatic carbocycles. The van der Waals surface area contributed by atoms with Crippen molar-refractivity contribution in [3.8, 4) is 11.5 Å². The normalized spacial score (nSPS) is 12.6. The second-order valence-electron chi connectivity index (χ2n) is 12.2. The van der Waals surface area contributed by atoms with E-state index < -0.39 is 0 Å². The molecular weight excluding hydrogens is 468 g/mol. The first-order valence-electron chi connectivity index (χ1n) is 13.7. The van der Waals surface area contributed by atoms with Gasteiger partial charge in [0.05, 0.1) is 11.4 Å². The van der Waals surface area contributed by atoms with Crippen molar-refractivity contribution in [3.63, 3.8) is 0 Å². The number of phenolic OH excluding ortho intramolecular Hbond substituents is 2. The monoisotopic (exact) mass is 512 g/mol. The van der Waals surface area contributed by atoms with Crippen LogP contribution in [-0.4, -0.2) is 22.6 Å². The van der Waals surface area contributed by atoms with Gasteiger partial charge < -0.3 is 10.2 Å². The zero-order valence-corrected chi connectivity index (χ0v) is 24.4. The van der Waals surface area contributed by atoms with Crippen LogP contribution < -0.4 is 0 Å². The number of para-hydroxylation sites is 2. The summed E-state index contributed by atoms with van der Waals surface area (Å²) in [5.74, 6) is 0.545. The summed E-state index contributed by atoms with van der Waals surface area (Å²) in [5.41, 5.74) is 6.68. The smallest absolute Gasteiger partial charge is 0.128 e. The zero-order chi connectivity index (χ0) is 28.1. The van der Waals surface area contributed by atoms with Crippen molar-refractivity contribution < 1.29 is 10.2 Å². The molecule has 0 atom stereocenters. The molecule has 0 saturated carbocycles. The molecule has 0 aliphatic rings. The minimum atomic E-state index is -0.182. The third-order valence-corrected chi connectivity index (χ3v) is 6.66. The van der Waals surface area contributed by atoms with Gasteiger partial charge in [-0.05, 0) is 59.1 Å². The maximum absolute atomic E-state index is 11.1. The van der Waals surface area contributed by atoms with E-state index in [1.807, 2.05) is 36.4 Å². The van der Waals surface area contributed by atoms with E-state index in [4.69, 9.17) is 9.98 Å². The molecule has 3 aromatic carbocycles. The number of hydrogen-bond donors (Lipinski definition) is 2. The molecular formula is C34H44N2O2. The average molecular weight is 513 g/mol. The fourth-order valence-electron chi connectivity index (χ4n) is 4.60. The molecule has 0 radical (unpaired) electrons. The Balaban J connectivity index is 2.03. The largest absolute Gasteiger partial charge is 0.507 e. The lowest BCUT2D eigenvalue weighted by Crippen LogP contribution is -2.13. The molecule has 0 bridgehead atoms. The highest BCUT2D eigenvalue weighted by atomic mass is 16.3. The van der Waals surface area contributed by atoms with Gasteiger partial charge in [0, 0.05) is 34.7 Å². The van der Waals surface area contributed by atoms with Crippen LogP contribution in [0.1, 0.15) is 102 Å². The Morgan fingerprint density at radius 2 is 1.00 bits per heavy atom. The van der Waals surface area contributed by atoms with Crippen LogP contribution in [0.5, 0.6) is 11.5 Å². The number of benzene rings is 3. The van der Waals surface area contributed by atoms with Crippen molar-refractivity contribution in [1.82, 2.24) is 0 Å². The first kappa shape index (κ1) is 29.2. The van der Waals surface area contributed by atoms with Crippen molar-refractivity contribution >= 4 is 23.8 Å². The topological polar surface area (TPSA) is 65.2 Å². The number of aromatic hydroxyl groups is 2. The molecule has 3 aromatic rings. The van der Waals surface area contributed by atoms with Crippen molar-refractivity contribution in [2.24, 2.45) is 9.98 Å². The third kappa shape index (κ3) is 7.12. The van der Waals surface area contributed by atoms with E-state index in [2.05, 4.69) is 67.5 Å². The highest BCUT2D eigenvalue weighted by Crippen LogP contribution is 2.36. The van der Waals surface area contributed by atoms with Gasteiger partial charge in [-0.15, -0.1) is 0 Å². The van der Waals surface area contributed by atoms with E-state index in [0.717, 1.165) is 36.8 Å². The zero-order valence-electron chi connectivity index (χ0n) is 24.4. The van der Waals surface area contributed by atoms with E-state index >= 15 is 0 Å². The minimum Gasteiger partial charge on any atom is -0.507 e. The minimum absolute atomic E-state index is 0.182. The van der Waals surface area contributed by atoms with E-state index in [1.54, 1.807) is 12.4 Å². The molecule has 0 fully saturated rings. The molecule has 0 aromatic heterocycles. The standard InChI is InChI=1S/C34H44N2O2/c1-9-13-23-17-25(31(37)27(19-23)33(3,4)5)21-35-29-15-11-12-16-30(29)36-22-26-18-24(14-10-2)20-28(32(26)38)34(6,7)8/h11-12,15-22,37-38H,9-10,13-14H2,1-8H3. The predicted molar refractivity (Wildman–Crippen MR) is 163 cm³/mol. The van der Waals surface area contributed by atoms with Gasteiger partial charge in [-0.3, -0.25) is 9.98 Å². The molecule has 2 N–H and O–H groups in total. The summed E-state index contributed by atoms with van der Waals surface area (Å²) in [6.07, 6.45) is 7.42. The molecule has 0 amide bonds. The van der Waals surface area contributed by atoms with Gasteiger partial charge in [-0.2, -0.15) is 0 Å². The molecule has 0 heterocycles. The molecule has 0 saturated heterocycles. The van der Waals surface area contributed by atoms with Crippen LogP contribution in [0.4, 0.5) is 11.4 Å². The Labute approximate surface area is 229 Å². The maximum Gasteiger partial charge on any atom is 0.128 e. The van der Waals surface area contributed by atoms with Crippen LogP contribution in [0.15, 0.2) is 58.5 Å². The van der Waals surface area contributed by atoms with E-state index in [9.17, 15) is 10.2 Å². The molecule has 0 spiro atoms. The first-order chi connectivity index (χ1) is 17.8. The molecule has 38 heavy (non-hydrogen) atoms. The Morgan fingerprint density at radius 3 is 1.32 bits per heavy atom. The lowest BCUT2D eigenvalue weighted by atomic mass is 9.83. The third-order valence-electron chi connectivity index (χ3n) is 6.66. The average Bonchev–Trinajstić information content (AvgIpc) is 2.83. The van der Waals surface area contributed by atoms with E-state index in [1.165, 1.54) is 11.1 Å². The van der Waals surface area contributed by atoms with Crippen molar-refractivity contribution in [2.75, 3.05) is 0 Å². The summed E-state index contributed by atoms with van der Waals surface area (Å²) in [6, 6.07) is 15.9. The van der Waals surface area contributed by atoms with Crippen LogP contribution in [0.25, 0.3) is 0 Å². The van der Waals surface area contributed by atoms with E-state index in [0.29, 0.717) is 22.5 Å². The SMILES string of the molecule is CCCc1cc(C=Nc2ccccc2N=Cc2cc(CCC)cc(C(C)(C)C)c2O)c(O)c(C(C)(C)C)c1. The van der Waals surface area contributed by atoms with Gasteiger partial charge >= 0.3 is 0 Å². The van der Waals surface area contributed by atoms with Crippen LogP contribution in [0, 0.1) is 0 Å². The second kappa shape index (κ2) is 12.0. The molecule has 4 nitrogen and oxygen atoms in total. The Morgan fingerprint density at radius 1 is 0.632 bits per heavy atom. The number of aryl methyl sites for hydroxylation is 2. The molecule has 202 valence electrons. The first-order valence-corrected chi connectivity index (χ1v) is 13.7. The molecule has 4 heteroatoms. The summed E-state index contributed by atoms with van der Waals surface area (Å²) in [5, 5.41) is 22.1. The summed E-state index contributed by atoms with van der Waals surface area (Å²) in [4.78, 5) is 9.48. The molecule has 3 rings (SSSR count). The Hall–Kier alpha value is -3.40.